The van der Waals surface area contributed by atoms with Gasteiger partial charge in [-0.15, -0.1) is 0 Å². The molecule has 5 nitrogen and oxygen atoms in total. The molecule has 0 spiro atoms. The molecule has 0 aliphatic heterocycles. The molecule has 0 unspecified atom stereocenters. The highest BCUT2D eigenvalue weighted by Crippen LogP contribution is 2.17. The van der Waals surface area contributed by atoms with Crippen molar-refractivity contribution in [2.45, 2.75) is 20.3 Å². The van der Waals surface area contributed by atoms with Crippen molar-refractivity contribution in [3.05, 3.63) is 36.0 Å². The molecule has 2 aromatic rings. The summed E-state index contributed by atoms with van der Waals surface area (Å²) in [4.78, 5) is 3.18. The van der Waals surface area contributed by atoms with Crippen molar-refractivity contribution in [2.75, 3.05) is 13.1 Å². The zero-order valence-corrected chi connectivity index (χ0v) is 12.6. The summed E-state index contributed by atoms with van der Waals surface area (Å²) in [5.41, 5.74) is 2.19. The van der Waals surface area contributed by atoms with E-state index in [4.69, 9.17) is 0 Å². The van der Waals surface area contributed by atoms with E-state index in [2.05, 4.69) is 14.4 Å². The molecule has 0 bridgehead atoms. The minimum atomic E-state index is -3.39. The van der Waals surface area contributed by atoms with Gasteiger partial charge < -0.3 is 4.98 Å². The third-order valence-electron chi connectivity index (χ3n) is 3.04. The van der Waals surface area contributed by atoms with Gasteiger partial charge in [0.2, 0.25) is 0 Å². The number of nitrogens with one attached hydrogen (secondary N) is 3. The van der Waals surface area contributed by atoms with Gasteiger partial charge in [-0.25, -0.2) is 9.44 Å². The van der Waals surface area contributed by atoms with Gasteiger partial charge in [0.1, 0.15) is 0 Å². The first-order valence-corrected chi connectivity index (χ1v) is 8.25. The van der Waals surface area contributed by atoms with Crippen molar-refractivity contribution in [1.82, 2.24) is 14.4 Å². The smallest absolute Gasteiger partial charge is 0.276 e. The maximum Gasteiger partial charge on any atom is 0.276 e. The van der Waals surface area contributed by atoms with E-state index < -0.39 is 10.2 Å². The number of hydrogen-bond donors (Lipinski definition) is 3. The Morgan fingerprint density at radius 3 is 2.70 bits per heavy atom. The average molecular weight is 295 g/mol. The lowest BCUT2D eigenvalue weighted by Crippen LogP contribution is -2.39. The fourth-order valence-electron chi connectivity index (χ4n) is 1.99. The fourth-order valence-corrected chi connectivity index (χ4v) is 3.01. The molecule has 0 saturated heterocycles. The van der Waals surface area contributed by atoms with Crippen molar-refractivity contribution >= 4 is 21.1 Å². The van der Waals surface area contributed by atoms with Gasteiger partial charge in [-0.05, 0) is 24.0 Å². The Morgan fingerprint density at radius 1 is 1.20 bits per heavy atom. The first kappa shape index (κ1) is 15.0. The van der Waals surface area contributed by atoms with Crippen LogP contribution in [0.15, 0.2) is 30.5 Å². The highest BCUT2D eigenvalue weighted by molar-refractivity contribution is 7.87. The van der Waals surface area contributed by atoms with Crippen molar-refractivity contribution in [3.8, 4) is 0 Å². The number of hydrogen-bond acceptors (Lipinski definition) is 2. The number of aromatic amines is 1. The summed E-state index contributed by atoms with van der Waals surface area (Å²) in [5, 5.41) is 1.14. The fraction of sp³-hybridized carbons (Fsp3) is 0.429. The Hall–Kier alpha value is -1.37. The van der Waals surface area contributed by atoms with E-state index in [1.54, 1.807) is 0 Å². The molecule has 110 valence electrons. The van der Waals surface area contributed by atoms with Crippen molar-refractivity contribution < 1.29 is 8.42 Å². The van der Waals surface area contributed by atoms with Gasteiger partial charge in [0, 0.05) is 30.2 Å². The number of benzene rings is 1. The largest absolute Gasteiger partial charge is 0.361 e. The van der Waals surface area contributed by atoms with Gasteiger partial charge >= 0.3 is 0 Å². The Kier molecular flexibility index (Phi) is 4.80. The first-order chi connectivity index (χ1) is 9.48. The molecule has 20 heavy (non-hydrogen) atoms. The first-order valence-electron chi connectivity index (χ1n) is 6.77. The second-order valence-corrected chi connectivity index (χ2v) is 6.83. The van der Waals surface area contributed by atoms with Crippen molar-refractivity contribution in [3.63, 3.8) is 0 Å². The van der Waals surface area contributed by atoms with E-state index in [0.29, 0.717) is 25.4 Å². The Bertz CT molecular complexity index is 662. The molecule has 0 atom stereocenters. The van der Waals surface area contributed by atoms with Crippen LogP contribution in [0, 0.1) is 5.92 Å². The van der Waals surface area contributed by atoms with E-state index in [0.717, 1.165) is 16.5 Å². The Morgan fingerprint density at radius 2 is 1.95 bits per heavy atom. The van der Waals surface area contributed by atoms with Crippen LogP contribution < -0.4 is 9.44 Å². The van der Waals surface area contributed by atoms with Gasteiger partial charge in [0.15, 0.2) is 0 Å². The molecule has 3 N–H and O–H groups in total. The zero-order valence-electron chi connectivity index (χ0n) is 11.8. The quantitative estimate of drug-likeness (QED) is 0.728. The summed E-state index contributed by atoms with van der Waals surface area (Å²) in [6.07, 6.45) is 2.59. The molecule has 0 aliphatic carbocycles. The lowest BCUT2D eigenvalue weighted by Gasteiger charge is -2.09. The van der Waals surface area contributed by atoms with Crippen LogP contribution in [0.2, 0.25) is 0 Å². The summed E-state index contributed by atoms with van der Waals surface area (Å²) in [7, 11) is -3.39. The van der Waals surface area contributed by atoms with Gasteiger partial charge in [0.05, 0.1) is 0 Å². The van der Waals surface area contributed by atoms with Crippen LogP contribution >= 0.6 is 0 Å². The van der Waals surface area contributed by atoms with Crippen molar-refractivity contribution in [1.29, 1.82) is 0 Å². The normalized spacial score (nSPS) is 12.3. The van der Waals surface area contributed by atoms with Gasteiger partial charge in [-0.1, -0.05) is 32.0 Å². The minimum Gasteiger partial charge on any atom is -0.361 e. The van der Waals surface area contributed by atoms with Crippen LogP contribution in [0.25, 0.3) is 10.9 Å². The third kappa shape index (κ3) is 4.06. The number of fused-ring (bicyclic) bond motifs is 1. The van der Waals surface area contributed by atoms with E-state index >= 15 is 0 Å². The molecule has 1 aromatic heterocycles. The maximum absolute atomic E-state index is 11.7. The molecular weight excluding hydrogens is 274 g/mol. The number of aromatic nitrogens is 1. The second kappa shape index (κ2) is 6.39. The van der Waals surface area contributed by atoms with Crippen LogP contribution in [0.3, 0.4) is 0 Å². The topological polar surface area (TPSA) is 74.0 Å². The Balaban J connectivity index is 1.90. The lowest BCUT2D eigenvalue weighted by molar-refractivity contribution is 0.547. The van der Waals surface area contributed by atoms with Crippen LogP contribution in [-0.4, -0.2) is 26.5 Å². The van der Waals surface area contributed by atoms with Gasteiger partial charge in [-0.3, -0.25) is 0 Å². The molecule has 1 heterocycles. The Labute approximate surface area is 120 Å². The SMILES string of the molecule is CC(C)CNS(=O)(=O)NCCc1c[nH]c2ccccc12. The highest BCUT2D eigenvalue weighted by atomic mass is 32.2. The van der Waals surface area contributed by atoms with Crippen LogP contribution in [-0.2, 0) is 16.6 Å². The number of H-pyrrole nitrogens is 1. The standard InChI is InChI=1S/C14H21N3O2S/c1-11(2)9-17-20(18,19)16-8-7-12-10-15-14-6-4-3-5-13(12)14/h3-6,10-11,15-17H,7-9H2,1-2H3. The van der Waals surface area contributed by atoms with Gasteiger partial charge in [-0.2, -0.15) is 8.42 Å². The second-order valence-electron chi connectivity index (χ2n) is 5.25. The van der Waals surface area contributed by atoms with Crippen LogP contribution in [0.1, 0.15) is 19.4 Å². The summed E-state index contributed by atoms with van der Waals surface area (Å²) < 4.78 is 28.5. The van der Waals surface area contributed by atoms with Crippen molar-refractivity contribution in [2.24, 2.45) is 5.92 Å². The molecular formula is C14H21N3O2S. The lowest BCUT2D eigenvalue weighted by atomic mass is 10.1. The summed E-state index contributed by atoms with van der Waals surface area (Å²) >= 11 is 0. The third-order valence-corrected chi connectivity index (χ3v) is 4.17. The molecule has 0 saturated carbocycles. The molecule has 1 aromatic carbocycles. The highest BCUT2D eigenvalue weighted by Gasteiger charge is 2.10. The van der Waals surface area contributed by atoms with E-state index in [9.17, 15) is 8.42 Å². The number of rotatable bonds is 7. The van der Waals surface area contributed by atoms with E-state index in [1.165, 1.54) is 0 Å². The summed E-state index contributed by atoms with van der Waals surface area (Å²) in [6, 6.07) is 8.00. The number of para-hydroxylation sites is 1. The van der Waals surface area contributed by atoms with E-state index in [1.807, 2.05) is 44.3 Å². The molecule has 0 fully saturated rings. The van der Waals surface area contributed by atoms with Gasteiger partial charge in [0.25, 0.3) is 10.2 Å². The predicted octanol–water partition coefficient (Wildman–Crippen LogP) is 1.79. The molecule has 2 rings (SSSR count). The monoisotopic (exact) mass is 295 g/mol. The van der Waals surface area contributed by atoms with E-state index in [-0.39, 0.29) is 0 Å². The molecule has 0 aliphatic rings. The molecule has 6 heteroatoms. The molecule has 0 radical (unpaired) electrons. The van der Waals surface area contributed by atoms with Crippen LogP contribution in [0.5, 0.6) is 0 Å². The summed E-state index contributed by atoms with van der Waals surface area (Å²) in [5.74, 6) is 0.292. The predicted molar refractivity (Wildman–Crippen MR) is 81.8 cm³/mol. The van der Waals surface area contributed by atoms with Crippen LogP contribution in [0.4, 0.5) is 0 Å². The average Bonchev–Trinajstić information content (AvgIpc) is 2.80. The zero-order chi connectivity index (χ0) is 14.6. The summed E-state index contributed by atoms with van der Waals surface area (Å²) in [6.45, 7) is 4.76. The molecule has 0 amide bonds. The maximum atomic E-state index is 11.7. The minimum absolute atomic E-state index is 0.292.